The smallest absolute Gasteiger partial charge is 0.220 e. The van der Waals surface area contributed by atoms with Gasteiger partial charge in [0, 0.05) is 18.5 Å². The Hall–Kier alpha value is -4.13. The molecule has 4 aromatic rings. The van der Waals surface area contributed by atoms with Gasteiger partial charge in [0.25, 0.3) is 0 Å². The molecule has 160 valence electrons. The van der Waals surface area contributed by atoms with E-state index >= 15 is 0 Å². The zero-order chi connectivity index (χ0) is 22.2. The molecule has 7 heteroatoms. The Balaban J connectivity index is 1.58. The third-order valence-corrected chi connectivity index (χ3v) is 5.74. The molecule has 0 fully saturated rings. The summed E-state index contributed by atoms with van der Waals surface area (Å²) in [6, 6.07) is 17.3. The molecule has 0 spiro atoms. The average molecular weight is 425 g/mol. The quantitative estimate of drug-likeness (QED) is 0.494. The minimum Gasteiger partial charge on any atom is -0.457 e. The summed E-state index contributed by atoms with van der Waals surface area (Å²) in [6.45, 7) is 6.69. The van der Waals surface area contributed by atoms with E-state index in [-0.39, 0.29) is 11.9 Å². The highest BCUT2D eigenvalue weighted by atomic mass is 16.5. The number of hydrogen-bond donors (Lipinski definition) is 2. The van der Waals surface area contributed by atoms with Gasteiger partial charge in [-0.2, -0.15) is 0 Å². The number of fused-ring (bicyclic) bond motifs is 3. The molecule has 3 heterocycles. The molecule has 32 heavy (non-hydrogen) atoms. The topological polar surface area (TPSA) is 95.1 Å². The molecule has 1 aliphatic heterocycles. The van der Waals surface area contributed by atoms with Gasteiger partial charge in [-0.15, -0.1) is 0 Å². The lowest BCUT2D eigenvalue weighted by Crippen LogP contribution is -2.34. The fourth-order valence-electron chi connectivity index (χ4n) is 4.19. The van der Waals surface area contributed by atoms with Gasteiger partial charge >= 0.3 is 0 Å². The van der Waals surface area contributed by atoms with Crippen molar-refractivity contribution in [1.82, 2.24) is 19.9 Å². The fourth-order valence-corrected chi connectivity index (χ4v) is 4.19. The summed E-state index contributed by atoms with van der Waals surface area (Å²) in [5, 5.41) is 3.84. The van der Waals surface area contributed by atoms with Crippen LogP contribution in [0, 0.1) is 0 Å². The number of para-hydroxylation sites is 1. The van der Waals surface area contributed by atoms with E-state index in [1.165, 1.54) is 6.33 Å². The predicted octanol–water partition coefficient (Wildman–Crippen LogP) is 4.39. The van der Waals surface area contributed by atoms with Crippen LogP contribution in [0.2, 0.25) is 0 Å². The Labute approximate surface area is 185 Å². The SMILES string of the molecule is C=C1c2c(-c3ccc(Oc4ccccc4)cc3)c3c(N)ncnc3n2CC1NC(=O)CC. The number of nitrogen functional groups attached to an aromatic ring is 1. The van der Waals surface area contributed by atoms with Gasteiger partial charge < -0.3 is 20.4 Å². The van der Waals surface area contributed by atoms with Crippen LogP contribution in [0.3, 0.4) is 0 Å². The second-order valence-corrected chi connectivity index (χ2v) is 7.73. The van der Waals surface area contributed by atoms with Crippen LogP contribution in [0.5, 0.6) is 11.5 Å². The second-order valence-electron chi connectivity index (χ2n) is 7.73. The Morgan fingerprint density at radius 1 is 1.16 bits per heavy atom. The third kappa shape index (κ3) is 3.28. The van der Waals surface area contributed by atoms with Crippen molar-refractivity contribution < 1.29 is 9.53 Å². The van der Waals surface area contributed by atoms with E-state index in [1.54, 1.807) is 0 Å². The molecule has 1 amide bonds. The van der Waals surface area contributed by atoms with Crippen LogP contribution in [0.4, 0.5) is 5.82 Å². The standard InChI is InChI=1S/C25H23N5O2/c1-3-20(31)29-19-13-30-23(15(19)2)21(22-24(26)27-14-28-25(22)30)16-9-11-18(12-10-16)32-17-7-5-4-6-8-17/h4-12,14,19H,2-3,13H2,1H3,(H,29,31)(H2,26,27,28). The summed E-state index contributed by atoms with van der Waals surface area (Å²) in [6.07, 6.45) is 1.89. The molecule has 0 saturated heterocycles. The first-order valence-corrected chi connectivity index (χ1v) is 10.5. The van der Waals surface area contributed by atoms with Crippen molar-refractivity contribution >= 4 is 28.3 Å². The third-order valence-electron chi connectivity index (χ3n) is 5.74. The highest BCUT2D eigenvalue weighted by Gasteiger charge is 2.34. The molecule has 0 aliphatic carbocycles. The number of rotatable bonds is 5. The lowest BCUT2D eigenvalue weighted by molar-refractivity contribution is -0.121. The van der Waals surface area contributed by atoms with Gasteiger partial charge in [-0.1, -0.05) is 43.8 Å². The van der Waals surface area contributed by atoms with Crippen molar-refractivity contribution in [2.75, 3.05) is 5.73 Å². The zero-order valence-electron chi connectivity index (χ0n) is 17.7. The van der Waals surface area contributed by atoms with Gasteiger partial charge in [0.1, 0.15) is 29.3 Å². The van der Waals surface area contributed by atoms with Crippen LogP contribution in [0.1, 0.15) is 19.0 Å². The van der Waals surface area contributed by atoms with Crippen molar-refractivity contribution in [2.24, 2.45) is 0 Å². The summed E-state index contributed by atoms with van der Waals surface area (Å²) < 4.78 is 8.00. The monoisotopic (exact) mass is 425 g/mol. The van der Waals surface area contributed by atoms with E-state index in [4.69, 9.17) is 10.5 Å². The molecule has 1 aliphatic rings. The molecule has 1 unspecified atom stereocenters. The maximum absolute atomic E-state index is 12.0. The van der Waals surface area contributed by atoms with E-state index in [1.807, 2.05) is 61.5 Å². The van der Waals surface area contributed by atoms with Gasteiger partial charge in [-0.3, -0.25) is 4.79 Å². The summed E-state index contributed by atoms with van der Waals surface area (Å²) in [5.74, 6) is 1.91. The van der Waals surface area contributed by atoms with E-state index < -0.39 is 0 Å². The highest BCUT2D eigenvalue weighted by molar-refractivity contribution is 6.07. The summed E-state index contributed by atoms with van der Waals surface area (Å²) >= 11 is 0. The molecule has 2 aromatic heterocycles. The molecule has 1 atom stereocenters. The highest BCUT2D eigenvalue weighted by Crippen LogP contribution is 2.44. The van der Waals surface area contributed by atoms with Crippen LogP contribution in [0.25, 0.3) is 27.7 Å². The van der Waals surface area contributed by atoms with Gasteiger partial charge in [0.15, 0.2) is 0 Å². The molecule has 7 nitrogen and oxygen atoms in total. The molecule has 2 aromatic carbocycles. The predicted molar refractivity (Wildman–Crippen MR) is 125 cm³/mol. The zero-order valence-corrected chi connectivity index (χ0v) is 17.7. The lowest BCUT2D eigenvalue weighted by Gasteiger charge is -2.14. The number of ether oxygens (including phenoxy) is 1. The van der Waals surface area contributed by atoms with Crippen molar-refractivity contribution in [3.63, 3.8) is 0 Å². The van der Waals surface area contributed by atoms with Crippen LogP contribution >= 0.6 is 0 Å². The second kappa shape index (κ2) is 7.85. The largest absolute Gasteiger partial charge is 0.457 e. The summed E-state index contributed by atoms with van der Waals surface area (Å²) in [7, 11) is 0. The van der Waals surface area contributed by atoms with E-state index in [0.717, 1.165) is 44.9 Å². The minimum absolute atomic E-state index is 0.00990. The number of amides is 1. The van der Waals surface area contributed by atoms with Gasteiger partial charge in [-0.25, -0.2) is 9.97 Å². The molecule has 0 radical (unpaired) electrons. The van der Waals surface area contributed by atoms with E-state index in [2.05, 4.69) is 26.4 Å². The van der Waals surface area contributed by atoms with Crippen molar-refractivity contribution in [3.8, 4) is 22.6 Å². The maximum Gasteiger partial charge on any atom is 0.220 e. The molecule has 3 N–H and O–H groups in total. The normalized spacial score (nSPS) is 15.0. The molecular formula is C25H23N5O2. The van der Waals surface area contributed by atoms with Crippen molar-refractivity contribution in [3.05, 3.63) is 73.2 Å². The number of nitrogens with two attached hydrogens (primary N) is 1. The maximum atomic E-state index is 12.0. The van der Waals surface area contributed by atoms with E-state index in [9.17, 15) is 4.79 Å². The first-order chi connectivity index (χ1) is 15.6. The molecular weight excluding hydrogens is 402 g/mol. The summed E-state index contributed by atoms with van der Waals surface area (Å²) in [4.78, 5) is 20.7. The van der Waals surface area contributed by atoms with Gasteiger partial charge in [0.2, 0.25) is 5.91 Å². The Morgan fingerprint density at radius 2 is 1.88 bits per heavy atom. The number of carbonyl (C=O) groups excluding carboxylic acids is 1. The Kier molecular flexibility index (Phi) is 4.86. The van der Waals surface area contributed by atoms with Gasteiger partial charge in [-0.05, 0) is 35.4 Å². The number of carbonyl (C=O) groups is 1. The molecule has 0 saturated carbocycles. The lowest BCUT2D eigenvalue weighted by atomic mass is 9.97. The fraction of sp³-hybridized carbons (Fsp3) is 0.160. The molecule has 0 bridgehead atoms. The number of aromatic nitrogens is 3. The van der Waals surface area contributed by atoms with Crippen LogP contribution in [-0.2, 0) is 11.3 Å². The molecule has 5 rings (SSSR count). The van der Waals surface area contributed by atoms with Crippen LogP contribution < -0.4 is 15.8 Å². The van der Waals surface area contributed by atoms with Crippen LogP contribution in [-0.4, -0.2) is 26.5 Å². The first kappa shape index (κ1) is 19.8. The number of nitrogens with zero attached hydrogens (tertiary/aromatic N) is 3. The van der Waals surface area contributed by atoms with Crippen molar-refractivity contribution in [1.29, 1.82) is 0 Å². The number of benzene rings is 2. The number of nitrogens with one attached hydrogen (secondary N) is 1. The summed E-state index contributed by atoms with van der Waals surface area (Å²) in [5.41, 5.74) is 10.6. The Morgan fingerprint density at radius 3 is 2.59 bits per heavy atom. The minimum atomic E-state index is -0.183. The average Bonchev–Trinajstić information content (AvgIpc) is 3.30. The number of hydrogen-bond acceptors (Lipinski definition) is 5. The number of anilines is 1. The van der Waals surface area contributed by atoms with E-state index in [0.29, 0.717) is 18.8 Å². The Bertz CT molecular complexity index is 1330. The first-order valence-electron chi connectivity index (χ1n) is 10.5. The van der Waals surface area contributed by atoms with Crippen molar-refractivity contribution in [2.45, 2.75) is 25.9 Å². The van der Waals surface area contributed by atoms with Crippen LogP contribution in [0.15, 0.2) is 67.5 Å². The van der Waals surface area contributed by atoms with Gasteiger partial charge in [0.05, 0.1) is 17.1 Å².